The zero-order valence-electron chi connectivity index (χ0n) is 13.4. The van der Waals surface area contributed by atoms with Crippen molar-refractivity contribution in [3.8, 4) is 0 Å². The van der Waals surface area contributed by atoms with Crippen molar-refractivity contribution in [1.29, 1.82) is 0 Å². The van der Waals surface area contributed by atoms with E-state index in [0.717, 1.165) is 19.3 Å². The molecule has 0 aliphatic carbocycles. The van der Waals surface area contributed by atoms with E-state index in [4.69, 9.17) is 5.73 Å². The van der Waals surface area contributed by atoms with Crippen LogP contribution in [0.3, 0.4) is 0 Å². The second-order valence-electron chi connectivity index (χ2n) is 5.51. The van der Waals surface area contributed by atoms with Gasteiger partial charge in [-0.25, -0.2) is 9.37 Å². The Morgan fingerprint density at radius 3 is 2.87 bits per heavy atom. The van der Waals surface area contributed by atoms with Crippen LogP contribution >= 0.6 is 0 Å². The molecule has 0 aliphatic heterocycles. The molecule has 1 aromatic heterocycles. The number of hydrogen-bond donors (Lipinski definition) is 3. The number of rotatable bonds is 7. The van der Waals surface area contributed by atoms with Crippen molar-refractivity contribution in [2.45, 2.75) is 39.2 Å². The highest BCUT2D eigenvalue weighted by atomic mass is 19.1. The molecule has 0 unspecified atom stereocenters. The van der Waals surface area contributed by atoms with Gasteiger partial charge in [-0.1, -0.05) is 19.8 Å². The van der Waals surface area contributed by atoms with Gasteiger partial charge in [-0.3, -0.25) is 4.79 Å². The number of halogens is 1. The maximum absolute atomic E-state index is 13.4. The number of aromatic nitrogens is 2. The average Bonchev–Trinajstić information content (AvgIpc) is 2.49. The highest BCUT2D eigenvalue weighted by molar-refractivity contribution is 5.90. The van der Waals surface area contributed by atoms with Gasteiger partial charge in [-0.15, -0.1) is 0 Å². The lowest BCUT2D eigenvalue weighted by Crippen LogP contribution is -2.35. The molecule has 7 heteroatoms. The molecule has 0 fully saturated rings. The van der Waals surface area contributed by atoms with E-state index in [1.54, 1.807) is 6.07 Å². The lowest BCUT2D eigenvalue weighted by atomic mass is 10.1. The third kappa shape index (κ3) is 4.77. The first-order chi connectivity index (χ1) is 11.0. The fourth-order valence-electron chi connectivity index (χ4n) is 2.37. The van der Waals surface area contributed by atoms with Crippen LogP contribution in [-0.2, 0) is 4.79 Å². The third-order valence-electron chi connectivity index (χ3n) is 3.52. The van der Waals surface area contributed by atoms with Gasteiger partial charge in [0.05, 0.1) is 5.52 Å². The molecule has 2 aromatic rings. The number of carbonyl (C=O) groups excluding carboxylic acids is 1. The summed E-state index contributed by atoms with van der Waals surface area (Å²) in [5.41, 5.74) is 6.17. The number of hydrogen-bond acceptors (Lipinski definition) is 5. The fourth-order valence-corrected chi connectivity index (χ4v) is 2.37. The number of benzene rings is 1. The normalized spacial score (nSPS) is 12.1. The summed E-state index contributed by atoms with van der Waals surface area (Å²) >= 11 is 0. The predicted molar refractivity (Wildman–Crippen MR) is 89.5 cm³/mol. The summed E-state index contributed by atoms with van der Waals surface area (Å²) in [6, 6.07) is 4.33. The molecule has 0 spiro atoms. The van der Waals surface area contributed by atoms with Crippen LogP contribution in [0.15, 0.2) is 18.2 Å². The van der Waals surface area contributed by atoms with E-state index in [1.807, 2.05) is 0 Å². The Balaban J connectivity index is 2.27. The molecular weight excluding hydrogens is 297 g/mol. The molecule has 1 heterocycles. The van der Waals surface area contributed by atoms with Gasteiger partial charge < -0.3 is 16.4 Å². The molecule has 6 nitrogen and oxygen atoms in total. The number of fused-ring (bicyclic) bond motifs is 1. The van der Waals surface area contributed by atoms with Gasteiger partial charge >= 0.3 is 0 Å². The van der Waals surface area contributed by atoms with Crippen LogP contribution in [-0.4, -0.2) is 28.5 Å². The monoisotopic (exact) mass is 319 g/mol. The zero-order chi connectivity index (χ0) is 16.8. The van der Waals surface area contributed by atoms with Gasteiger partial charge in [-0.2, -0.15) is 4.98 Å². The van der Waals surface area contributed by atoms with Crippen LogP contribution in [0.25, 0.3) is 10.9 Å². The Bertz CT molecular complexity index is 686. The highest BCUT2D eigenvalue weighted by Gasteiger charge is 2.13. The SMILES string of the molecule is CCCC[C@H](CNC(C)=O)Nc1nc(N)nc2cc(F)ccc12. The smallest absolute Gasteiger partial charge is 0.222 e. The largest absolute Gasteiger partial charge is 0.368 e. The number of nitrogens with two attached hydrogens (primary N) is 1. The minimum Gasteiger partial charge on any atom is -0.368 e. The Morgan fingerprint density at radius 1 is 1.39 bits per heavy atom. The van der Waals surface area contributed by atoms with E-state index in [0.29, 0.717) is 23.3 Å². The summed E-state index contributed by atoms with van der Waals surface area (Å²) in [4.78, 5) is 19.4. The van der Waals surface area contributed by atoms with Gasteiger partial charge in [0, 0.05) is 31.0 Å². The topological polar surface area (TPSA) is 92.9 Å². The summed E-state index contributed by atoms with van der Waals surface area (Å²) < 4.78 is 13.4. The molecular formula is C16H22FN5O. The van der Waals surface area contributed by atoms with Gasteiger partial charge in [0.15, 0.2) is 0 Å². The predicted octanol–water partition coefficient (Wildman–Crippen LogP) is 2.46. The van der Waals surface area contributed by atoms with Gasteiger partial charge in [-0.05, 0) is 18.6 Å². The Hall–Kier alpha value is -2.44. The summed E-state index contributed by atoms with van der Waals surface area (Å²) in [5.74, 6) is 0.183. The maximum Gasteiger partial charge on any atom is 0.222 e. The first-order valence-electron chi connectivity index (χ1n) is 7.73. The zero-order valence-corrected chi connectivity index (χ0v) is 13.4. The van der Waals surface area contributed by atoms with Crippen LogP contribution in [0.4, 0.5) is 16.2 Å². The minimum atomic E-state index is -0.373. The van der Waals surface area contributed by atoms with Crippen molar-refractivity contribution in [3.05, 3.63) is 24.0 Å². The summed E-state index contributed by atoms with van der Waals surface area (Å²) in [5, 5.41) is 6.81. The summed E-state index contributed by atoms with van der Waals surface area (Å²) in [7, 11) is 0. The van der Waals surface area contributed by atoms with Crippen LogP contribution in [0.5, 0.6) is 0 Å². The van der Waals surface area contributed by atoms with E-state index >= 15 is 0 Å². The third-order valence-corrected chi connectivity index (χ3v) is 3.52. The standard InChI is InChI=1S/C16H22FN5O/c1-3-4-5-12(9-19-10(2)23)20-15-13-7-6-11(17)8-14(13)21-16(18)22-15/h6-8,12H,3-5,9H2,1-2H3,(H,19,23)(H3,18,20,21,22)/t12-/m1/s1. The number of nitrogen functional groups attached to an aromatic ring is 1. The van der Waals surface area contributed by atoms with E-state index in [1.165, 1.54) is 19.1 Å². The van der Waals surface area contributed by atoms with Crippen molar-refractivity contribution in [2.24, 2.45) is 0 Å². The molecule has 2 rings (SSSR count). The molecule has 23 heavy (non-hydrogen) atoms. The van der Waals surface area contributed by atoms with Crippen LogP contribution in [0.1, 0.15) is 33.1 Å². The number of unbranched alkanes of at least 4 members (excludes halogenated alkanes) is 1. The first-order valence-corrected chi connectivity index (χ1v) is 7.73. The minimum absolute atomic E-state index is 0.0152. The maximum atomic E-state index is 13.4. The summed E-state index contributed by atoms with van der Waals surface area (Å²) in [6.07, 6.45) is 2.95. The van der Waals surface area contributed by atoms with Crippen molar-refractivity contribution >= 4 is 28.6 Å². The number of amides is 1. The number of carbonyl (C=O) groups is 1. The average molecular weight is 319 g/mol. The van der Waals surface area contributed by atoms with Gasteiger partial charge in [0.1, 0.15) is 11.6 Å². The Kier molecular flexibility index (Phi) is 5.67. The van der Waals surface area contributed by atoms with Crippen LogP contribution < -0.4 is 16.4 Å². The van der Waals surface area contributed by atoms with E-state index in [-0.39, 0.29) is 23.7 Å². The van der Waals surface area contributed by atoms with E-state index in [2.05, 4.69) is 27.5 Å². The number of nitrogens with one attached hydrogen (secondary N) is 2. The Labute approximate surface area is 134 Å². The highest BCUT2D eigenvalue weighted by Crippen LogP contribution is 2.23. The van der Waals surface area contributed by atoms with Crippen molar-refractivity contribution in [2.75, 3.05) is 17.6 Å². The molecule has 4 N–H and O–H groups in total. The van der Waals surface area contributed by atoms with Crippen molar-refractivity contribution in [1.82, 2.24) is 15.3 Å². The van der Waals surface area contributed by atoms with E-state index < -0.39 is 0 Å². The van der Waals surface area contributed by atoms with Crippen molar-refractivity contribution in [3.63, 3.8) is 0 Å². The second kappa shape index (κ2) is 7.71. The van der Waals surface area contributed by atoms with Gasteiger partial charge in [0.25, 0.3) is 0 Å². The number of nitrogens with zero attached hydrogens (tertiary/aromatic N) is 2. The molecule has 124 valence electrons. The molecule has 0 saturated carbocycles. The quantitative estimate of drug-likeness (QED) is 0.729. The fraction of sp³-hybridized carbons (Fsp3) is 0.438. The molecule has 1 amide bonds. The lowest BCUT2D eigenvalue weighted by molar-refractivity contribution is -0.119. The van der Waals surface area contributed by atoms with Crippen LogP contribution in [0.2, 0.25) is 0 Å². The van der Waals surface area contributed by atoms with Crippen LogP contribution in [0, 0.1) is 5.82 Å². The molecule has 1 atom stereocenters. The molecule has 0 aliphatic rings. The van der Waals surface area contributed by atoms with E-state index in [9.17, 15) is 9.18 Å². The molecule has 0 saturated heterocycles. The van der Waals surface area contributed by atoms with Crippen molar-refractivity contribution < 1.29 is 9.18 Å². The Morgan fingerprint density at radius 2 is 2.17 bits per heavy atom. The molecule has 0 radical (unpaired) electrons. The summed E-state index contributed by atoms with van der Waals surface area (Å²) in [6.45, 7) is 4.08. The molecule has 1 aromatic carbocycles. The lowest BCUT2D eigenvalue weighted by Gasteiger charge is -2.20. The first kappa shape index (κ1) is 16.9. The van der Waals surface area contributed by atoms with Gasteiger partial charge in [0.2, 0.25) is 11.9 Å². The molecule has 0 bridgehead atoms. The number of anilines is 2. The second-order valence-corrected chi connectivity index (χ2v) is 5.51.